The van der Waals surface area contributed by atoms with Gasteiger partial charge in [-0.3, -0.25) is 13.9 Å². The van der Waals surface area contributed by atoms with Crippen molar-refractivity contribution in [1.29, 1.82) is 0 Å². The van der Waals surface area contributed by atoms with E-state index in [0.29, 0.717) is 11.4 Å². The standard InChI is InChI=1S/C26H42N7O12PS/c1-12(2)43-21(35)14(5)32-46(39,47-10-15(29-25(37)41-8)22(36)44-13(3)4)42-9-16-18(34)26(6,38)23(45-16)33-11-28-17-19(33)30-24(27)31-20(17)40-7/h11-16,18,23,34,38H,9-10H2,1-8H3,(H,29,37)(H,32,39)(H2,27,30,31)/t14-,15+,16+,18+,23+,26+,46?/m0/s1. The Morgan fingerprint density at radius 3 is 2.38 bits per heavy atom. The van der Waals surface area contributed by atoms with Gasteiger partial charge in [0.05, 0.1) is 39.4 Å². The molecule has 1 fully saturated rings. The zero-order valence-electron chi connectivity index (χ0n) is 27.2. The maximum Gasteiger partial charge on any atom is 0.407 e. The van der Waals surface area contributed by atoms with Gasteiger partial charge in [-0.05, 0) is 41.5 Å². The monoisotopic (exact) mass is 707 g/mol. The molecule has 0 radical (unpaired) electrons. The van der Waals surface area contributed by atoms with Crippen LogP contribution in [0.2, 0.25) is 0 Å². The molecule has 3 rings (SSSR count). The maximum absolute atomic E-state index is 14.2. The van der Waals surface area contributed by atoms with E-state index >= 15 is 0 Å². The average molecular weight is 708 g/mol. The fourth-order valence-corrected chi connectivity index (χ4v) is 8.21. The van der Waals surface area contributed by atoms with Crippen LogP contribution in [-0.2, 0) is 37.6 Å². The summed E-state index contributed by atoms with van der Waals surface area (Å²) in [6.07, 6.45) is -4.80. The van der Waals surface area contributed by atoms with Gasteiger partial charge in [-0.25, -0.2) is 19.7 Å². The van der Waals surface area contributed by atoms with Crippen molar-refractivity contribution >= 4 is 53.2 Å². The smallest absolute Gasteiger partial charge is 0.407 e. The number of nitrogens with two attached hydrogens (primary N) is 1. The van der Waals surface area contributed by atoms with E-state index in [1.54, 1.807) is 27.7 Å². The van der Waals surface area contributed by atoms with Crippen molar-refractivity contribution in [2.24, 2.45) is 0 Å². The van der Waals surface area contributed by atoms with Crippen LogP contribution in [0.15, 0.2) is 6.33 Å². The minimum Gasteiger partial charge on any atom is -0.479 e. The zero-order chi connectivity index (χ0) is 35.3. The summed E-state index contributed by atoms with van der Waals surface area (Å²) >= 11 is 0.579. The molecule has 1 amide bonds. The number of aliphatic hydroxyl groups excluding tert-OH is 1. The van der Waals surface area contributed by atoms with Crippen LogP contribution in [0.4, 0.5) is 10.7 Å². The highest BCUT2D eigenvalue weighted by Crippen LogP contribution is 2.57. The lowest BCUT2D eigenvalue weighted by molar-refractivity contribution is -0.150. The minimum atomic E-state index is -4.19. The van der Waals surface area contributed by atoms with E-state index in [4.69, 9.17) is 29.2 Å². The van der Waals surface area contributed by atoms with Crippen LogP contribution >= 0.6 is 18.1 Å². The van der Waals surface area contributed by atoms with Gasteiger partial charge in [0.1, 0.15) is 29.9 Å². The van der Waals surface area contributed by atoms with Crippen LogP contribution in [0.5, 0.6) is 5.88 Å². The number of carbonyl (C=O) groups excluding carboxylic acids is 3. The first-order valence-corrected chi connectivity index (χ1v) is 17.7. The van der Waals surface area contributed by atoms with Gasteiger partial charge in [-0.15, -0.1) is 0 Å². The third kappa shape index (κ3) is 9.43. The lowest BCUT2D eigenvalue weighted by atomic mass is 9.96. The van der Waals surface area contributed by atoms with Crippen LogP contribution in [0.3, 0.4) is 0 Å². The summed E-state index contributed by atoms with van der Waals surface area (Å²) in [5.41, 5.74) is 4.22. The number of aromatic nitrogens is 4. The van der Waals surface area contributed by atoms with Gasteiger partial charge < -0.3 is 49.5 Å². The Hall–Kier alpha value is -3.26. The van der Waals surface area contributed by atoms with E-state index in [0.717, 1.165) is 7.11 Å². The van der Waals surface area contributed by atoms with Gasteiger partial charge in [0.15, 0.2) is 17.4 Å². The molecule has 21 heteroatoms. The highest BCUT2D eigenvalue weighted by atomic mass is 32.7. The largest absolute Gasteiger partial charge is 0.479 e. The summed E-state index contributed by atoms with van der Waals surface area (Å²) in [7, 11) is 2.47. The lowest BCUT2D eigenvalue weighted by Gasteiger charge is -2.27. The molecule has 0 aliphatic carbocycles. The number of esters is 2. The molecule has 0 spiro atoms. The fraction of sp³-hybridized carbons (Fsp3) is 0.692. The van der Waals surface area contributed by atoms with Crippen molar-refractivity contribution in [3.05, 3.63) is 6.33 Å². The molecule has 0 aromatic carbocycles. The molecule has 1 unspecified atom stereocenters. The third-order valence-corrected chi connectivity index (χ3v) is 10.7. The van der Waals surface area contributed by atoms with Crippen molar-refractivity contribution < 1.29 is 57.4 Å². The molecule has 1 saturated heterocycles. The van der Waals surface area contributed by atoms with E-state index in [2.05, 4.69) is 30.1 Å². The van der Waals surface area contributed by atoms with Crippen LogP contribution in [0.25, 0.3) is 11.2 Å². The molecule has 1 aliphatic rings. The molecular weight excluding hydrogens is 665 g/mol. The van der Waals surface area contributed by atoms with Crippen molar-refractivity contribution in [3.63, 3.8) is 0 Å². The first-order chi connectivity index (χ1) is 21.9. The van der Waals surface area contributed by atoms with Crippen LogP contribution in [-0.4, -0.2) is 116 Å². The summed E-state index contributed by atoms with van der Waals surface area (Å²) in [5.74, 6) is -1.98. The van der Waals surface area contributed by atoms with E-state index in [1.165, 1.54) is 31.9 Å². The number of amides is 1. The Morgan fingerprint density at radius 2 is 1.79 bits per heavy atom. The Bertz CT molecular complexity index is 1480. The summed E-state index contributed by atoms with van der Waals surface area (Å²) in [6, 6.07) is -2.49. The predicted molar refractivity (Wildman–Crippen MR) is 167 cm³/mol. The number of anilines is 1. The van der Waals surface area contributed by atoms with E-state index in [1.807, 2.05) is 0 Å². The number of imidazole rings is 1. The second-order valence-corrected chi connectivity index (χ2v) is 15.5. The summed E-state index contributed by atoms with van der Waals surface area (Å²) < 4.78 is 47.5. The topological polar surface area (TPSA) is 258 Å². The number of fused-ring (bicyclic) bond motifs is 1. The average Bonchev–Trinajstić information content (AvgIpc) is 3.49. The van der Waals surface area contributed by atoms with Gasteiger partial charge in [-0.2, -0.15) is 9.97 Å². The molecule has 7 atom stereocenters. The molecular formula is C26H42N7O12PS. The van der Waals surface area contributed by atoms with Crippen LogP contribution in [0, 0.1) is 0 Å². The quantitative estimate of drug-likeness (QED) is 0.0978. The van der Waals surface area contributed by atoms with Gasteiger partial charge in [0.25, 0.3) is 0 Å². The Labute approximate surface area is 274 Å². The molecule has 2 aromatic rings. The summed E-state index contributed by atoms with van der Waals surface area (Å²) in [4.78, 5) is 49.6. The predicted octanol–water partition coefficient (Wildman–Crippen LogP) is 0.890. The number of hydrogen-bond acceptors (Lipinski definition) is 17. The van der Waals surface area contributed by atoms with Crippen LogP contribution in [0.1, 0.15) is 47.8 Å². The molecule has 264 valence electrons. The molecule has 1 aliphatic heterocycles. The molecule has 6 N–H and O–H groups in total. The Kier molecular flexibility index (Phi) is 12.8. The normalized spacial score (nSPS) is 23.7. The first-order valence-electron chi connectivity index (χ1n) is 14.4. The number of aliphatic hydroxyl groups is 2. The molecule has 47 heavy (non-hydrogen) atoms. The second-order valence-electron chi connectivity index (χ2n) is 11.2. The van der Waals surface area contributed by atoms with E-state index in [-0.39, 0.29) is 28.7 Å². The third-order valence-electron chi connectivity index (χ3n) is 6.60. The number of methoxy groups -OCH3 is 2. The highest BCUT2D eigenvalue weighted by Gasteiger charge is 2.54. The first kappa shape index (κ1) is 38.2. The summed E-state index contributed by atoms with van der Waals surface area (Å²) in [6.45, 7) is 4.44. The number of carbonyl (C=O) groups is 3. The fourth-order valence-electron chi connectivity index (χ4n) is 4.36. The number of nitrogens with zero attached hydrogens (tertiary/aromatic N) is 4. The van der Waals surface area contributed by atoms with Crippen LogP contribution < -0.4 is 20.9 Å². The SMILES string of the molecule is COC(=O)N[C@H](CSP(=O)(N[C@@H](C)C(=O)OC(C)C)OC[C@H]1O[C@@H](n2cnc3c(OC)nc(N)nc32)[C@](C)(O)[C@@H]1O)C(=O)OC(C)C. The van der Waals surface area contributed by atoms with Crippen molar-refractivity contribution in [2.45, 2.75) is 89.9 Å². The van der Waals surface area contributed by atoms with Crippen molar-refractivity contribution in [3.8, 4) is 5.88 Å². The van der Waals surface area contributed by atoms with Crippen molar-refractivity contribution in [1.82, 2.24) is 29.9 Å². The van der Waals surface area contributed by atoms with Gasteiger partial charge >= 0.3 is 24.8 Å². The molecule has 19 nitrogen and oxygen atoms in total. The second kappa shape index (κ2) is 15.8. The number of rotatable bonds is 15. The molecule has 2 aromatic heterocycles. The van der Waals surface area contributed by atoms with E-state index in [9.17, 15) is 29.2 Å². The maximum atomic E-state index is 14.2. The lowest BCUT2D eigenvalue weighted by Crippen LogP contribution is -2.45. The zero-order valence-corrected chi connectivity index (χ0v) is 28.9. The van der Waals surface area contributed by atoms with Gasteiger partial charge in [0.2, 0.25) is 11.8 Å². The van der Waals surface area contributed by atoms with Gasteiger partial charge in [0, 0.05) is 5.75 Å². The van der Waals surface area contributed by atoms with Crippen molar-refractivity contribution in [2.75, 3.05) is 32.3 Å². The van der Waals surface area contributed by atoms with E-state index < -0.39 is 79.7 Å². The number of nitrogens with one attached hydrogen (secondary N) is 2. The molecule has 0 saturated carbocycles. The Morgan fingerprint density at radius 1 is 1.15 bits per heavy atom. The molecule has 0 bridgehead atoms. The number of alkyl carbamates (subject to hydrolysis) is 1. The highest BCUT2D eigenvalue weighted by molar-refractivity contribution is 8.56. The van der Waals surface area contributed by atoms with Gasteiger partial charge in [-0.1, -0.05) is 11.4 Å². The number of hydrogen-bond donors (Lipinski definition) is 5. The Balaban J connectivity index is 1.86. The number of ether oxygens (including phenoxy) is 5. The summed E-state index contributed by atoms with van der Waals surface area (Å²) in [5, 5.41) is 27.4. The molecule has 3 heterocycles. The minimum absolute atomic E-state index is 0.0794. The number of nitrogen functional groups attached to an aromatic ring is 1.